The molecule has 0 spiro atoms. The molecule has 0 aliphatic carbocycles. The average Bonchev–Trinajstić information content (AvgIpc) is 2.96. The van der Waals surface area contributed by atoms with Gasteiger partial charge in [0.1, 0.15) is 5.52 Å². The third-order valence-corrected chi connectivity index (χ3v) is 3.88. The van der Waals surface area contributed by atoms with Crippen molar-refractivity contribution < 1.29 is 4.42 Å². The van der Waals surface area contributed by atoms with Gasteiger partial charge in [-0.1, -0.05) is 13.3 Å². The number of nitrogens with zero attached hydrogens (tertiary/aromatic N) is 2. The topological polar surface area (TPSA) is 55.3 Å². The average molecular weight is 259 g/mol. The van der Waals surface area contributed by atoms with Crippen LogP contribution in [0.15, 0.2) is 22.6 Å². The third kappa shape index (κ3) is 2.73. The number of anilines is 1. The highest BCUT2D eigenvalue weighted by Crippen LogP contribution is 2.24. The van der Waals surface area contributed by atoms with Crippen LogP contribution >= 0.6 is 0 Å². The molecule has 1 aromatic heterocycles. The van der Waals surface area contributed by atoms with E-state index in [0.717, 1.165) is 41.7 Å². The molecule has 1 aromatic carbocycles. The molecule has 0 saturated carbocycles. The van der Waals surface area contributed by atoms with Crippen LogP contribution in [0.1, 0.15) is 32.1 Å². The first-order chi connectivity index (χ1) is 9.24. The summed E-state index contributed by atoms with van der Waals surface area (Å²) in [5.41, 5.74) is 8.18. The molecule has 3 rings (SSSR count). The second-order valence-electron chi connectivity index (χ2n) is 5.51. The van der Waals surface area contributed by atoms with E-state index in [-0.39, 0.29) is 0 Å². The number of benzene rings is 1. The molecule has 2 heterocycles. The van der Waals surface area contributed by atoms with E-state index < -0.39 is 0 Å². The quantitative estimate of drug-likeness (QED) is 0.857. The van der Waals surface area contributed by atoms with Gasteiger partial charge in [-0.25, -0.2) is 4.98 Å². The molecule has 4 nitrogen and oxygen atoms in total. The fourth-order valence-corrected chi connectivity index (χ4v) is 2.95. The van der Waals surface area contributed by atoms with Crippen LogP contribution < -0.4 is 5.73 Å². The second-order valence-corrected chi connectivity index (χ2v) is 5.51. The van der Waals surface area contributed by atoms with Crippen molar-refractivity contribution in [3.63, 3.8) is 0 Å². The van der Waals surface area contributed by atoms with Crippen molar-refractivity contribution >= 4 is 16.8 Å². The van der Waals surface area contributed by atoms with E-state index in [1.807, 2.05) is 18.2 Å². The first kappa shape index (κ1) is 12.5. The largest absolute Gasteiger partial charge is 0.439 e. The van der Waals surface area contributed by atoms with Gasteiger partial charge in [-0.05, 0) is 43.5 Å². The van der Waals surface area contributed by atoms with E-state index in [1.54, 1.807) is 0 Å². The van der Waals surface area contributed by atoms with E-state index in [0.29, 0.717) is 0 Å². The molecule has 19 heavy (non-hydrogen) atoms. The molecule has 2 aromatic rings. The molecular weight excluding hydrogens is 238 g/mol. The first-order valence-electron chi connectivity index (χ1n) is 7.12. The molecule has 0 radical (unpaired) electrons. The third-order valence-electron chi connectivity index (χ3n) is 3.88. The lowest BCUT2D eigenvalue weighted by Crippen LogP contribution is -2.20. The summed E-state index contributed by atoms with van der Waals surface area (Å²) in [6, 6.07) is 5.61. The number of oxazole rings is 1. The Balaban J connectivity index is 1.68. The maximum Gasteiger partial charge on any atom is 0.209 e. The SMILES string of the molecule is CCCC1CCN(Cc2nc3cc(N)ccc3o2)C1. The Morgan fingerprint density at radius 2 is 2.37 bits per heavy atom. The summed E-state index contributed by atoms with van der Waals surface area (Å²) >= 11 is 0. The minimum atomic E-state index is 0.733. The van der Waals surface area contributed by atoms with Gasteiger partial charge in [0.2, 0.25) is 5.89 Å². The molecule has 1 atom stereocenters. The van der Waals surface area contributed by atoms with Crippen LogP contribution in [-0.4, -0.2) is 23.0 Å². The first-order valence-corrected chi connectivity index (χ1v) is 7.12. The number of hydrogen-bond acceptors (Lipinski definition) is 4. The van der Waals surface area contributed by atoms with Crippen LogP contribution in [0.5, 0.6) is 0 Å². The number of aromatic nitrogens is 1. The highest BCUT2D eigenvalue weighted by Gasteiger charge is 2.23. The summed E-state index contributed by atoms with van der Waals surface area (Å²) in [5.74, 6) is 1.66. The van der Waals surface area contributed by atoms with Crippen molar-refractivity contribution in [2.75, 3.05) is 18.8 Å². The predicted molar refractivity (Wildman–Crippen MR) is 76.7 cm³/mol. The molecule has 1 aliphatic heterocycles. The predicted octanol–water partition coefficient (Wildman–Crippen LogP) is 3.03. The van der Waals surface area contributed by atoms with E-state index in [1.165, 1.54) is 25.8 Å². The molecular formula is C15H21N3O. The van der Waals surface area contributed by atoms with Crippen molar-refractivity contribution in [2.24, 2.45) is 5.92 Å². The van der Waals surface area contributed by atoms with Gasteiger partial charge >= 0.3 is 0 Å². The molecule has 102 valence electrons. The fourth-order valence-electron chi connectivity index (χ4n) is 2.95. The van der Waals surface area contributed by atoms with Crippen LogP contribution in [0.25, 0.3) is 11.1 Å². The van der Waals surface area contributed by atoms with Gasteiger partial charge in [0, 0.05) is 12.2 Å². The van der Waals surface area contributed by atoms with Crippen molar-refractivity contribution in [1.82, 2.24) is 9.88 Å². The number of nitrogens with two attached hydrogens (primary N) is 1. The van der Waals surface area contributed by atoms with E-state index >= 15 is 0 Å². The highest BCUT2D eigenvalue weighted by atomic mass is 16.3. The van der Waals surface area contributed by atoms with Crippen LogP contribution in [0.4, 0.5) is 5.69 Å². The molecule has 1 saturated heterocycles. The van der Waals surface area contributed by atoms with Crippen LogP contribution in [0, 0.1) is 5.92 Å². The van der Waals surface area contributed by atoms with Crippen LogP contribution in [-0.2, 0) is 6.54 Å². The molecule has 0 bridgehead atoms. The summed E-state index contributed by atoms with van der Waals surface area (Å²) in [6.07, 6.45) is 3.92. The Bertz CT molecular complexity index is 564. The van der Waals surface area contributed by atoms with Crippen molar-refractivity contribution in [1.29, 1.82) is 0 Å². The molecule has 4 heteroatoms. The molecule has 1 aliphatic rings. The number of rotatable bonds is 4. The number of nitrogen functional groups attached to an aromatic ring is 1. The fraction of sp³-hybridized carbons (Fsp3) is 0.533. The van der Waals surface area contributed by atoms with Gasteiger partial charge in [0.05, 0.1) is 6.54 Å². The monoisotopic (exact) mass is 259 g/mol. The molecule has 2 N–H and O–H groups in total. The Morgan fingerprint density at radius 1 is 1.47 bits per heavy atom. The van der Waals surface area contributed by atoms with E-state index in [2.05, 4.69) is 16.8 Å². The Kier molecular flexibility index (Phi) is 3.42. The Hall–Kier alpha value is -1.55. The van der Waals surface area contributed by atoms with Crippen molar-refractivity contribution in [3.8, 4) is 0 Å². The van der Waals surface area contributed by atoms with Gasteiger partial charge in [0.15, 0.2) is 5.58 Å². The molecule has 1 fully saturated rings. The van der Waals surface area contributed by atoms with Crippen LogP contribution in [0.2, 0.25) is 0 Å². The Labute approximate surface area is 113 Å². The van der Waals surface area contributed by atoms with E-state index in [4.69, 9.17) is 10.2 Å². The zero-order valence-corrected chi connectivity index (χ0v) is 11.4. The summed E-state index contributed by atoms with van der Waals surface area (Å²) < 4.78 is 5.77. The van der Waals surface area contributed by atoms with Gasteiger partial charge in [-0.2, -0.15) is 0 Å². The Morgan fingerprint density at radius 3 is 3.21 bits per heavy atom. The zero-order chi connectivity index (χ0) is 13.2. The summed E-state index contributed by atoms with van der Waals surface area (Å²) in [5, 5.41) is 0. The highest BCUT2D eigenvalue weighted by molar-refractivity contribution is 5.76. The standard InChI is InChI=1S/C15H21N3O/c1-2-3-11-6-7-18(9-11)10-15-17-13-8-12(16)4-5-14(13)19-15/h4-5,8,11H,2-3,6-7,9-10,16H2,1H3. The van der Waals surface area contributed by atoms with Crippen LogP contribution in [0.3, 0.4) is 0 Å². The molecule has 0 amide bonds. The minimum Gasteiger partial charge on any atom is -0.439 e. The van der Waals surface area contributed by atoms with Crippen molar-refractivity contribution in [3.05, 3.63) is 24.1 Å². The summed E-state index contributed by atoms with van der Waals surface area (Å²) in [7, 11) is 0. The van der Waals surface area contributed by atoms with Gasteiger partial charge < -0.3 is 10.2 Å². The normalized spacial score (nSPS) is 20.4. The van der Waals surface area contributed by atoms with Gasteiger partial charge in [0.25, 0.3) is 0 Å². The maximum absolute atomic E-state index is 5.77. The summed E-state index contributed by atoms with van der Waals surface area (Å²) in [6.45, 7) is 5.41. The number of hydrogen-bond donors (Lipinski definition) is 1. The smallest absolute Gasteiger partial charge is 0.209 e. The lowest BCUT2D eigenvalue weighted by molar-refractivity contribution is 0.282. The second kappa shape index (κ2) is 5.21. The number of likely N-dealkylation sites (tertiary alicyclic amines) is 1. The summed E-state index contributed by atoms with van der Waals surface area (Å²) in [4.78, 5) is 6.96. The molecule has 1 unspecified atom stereocenters. The lowest BCUT2D eigenvalue weighted by atomic mass is 10.0. The zero-order valence-electron chi connectivity index (χ0n) is 11.4. The van der Waals surface area contributed by atoms with Crippen molar-refractivity contribution in [2.45, 2.75) is 32.7 Å². The van der Waals surface area contributed by atoms with Gasteiger partial charge in [-0.15, -0.1) is 0 Å². The van der Waals surface area contributed by atoms with Gasteiger partial charge in [-0.3, -0.25) is 4.90 Å². The number of fused-ring (bicyclic) bond motifs is 1. The van der Waals surface area contributed by atoms with E-state index in [9.17, 15) is 0 Å². The maximum atomic E-state index is 5.77. The lowest BCUT2D eigenvalue weighted by Gasteiger charge is -2.13. The minimum absolute atomic E-state index is 0.733.